The molecule has 2 N–H and O–H groups in total. The van der Waals surface area contributed by atoms with Crippen molar-refractivity contribution in [3.8, 4) is 11.5 Å². The Morgan fingerprint density at radius 1 is 1.32 bits per heavy atom. The third-order valence-corrected chi connectivity index (χ3v) is 8.51. The molecule has 150 valence electrons. The van der Waals surface area contributed by atoms with E-state index in [1.807, 2.05) is 0 Å². The van der Waals surface area contributed by atoms with E-state index in [1.165, 1.54) is 24.0 Å². The second-order valence-electron chi connectivity index (χ2n) is 10.0. The molecule has 1 amide bonds. The average Bonchev–Trinajstić information content (AvgIpc) is 3.38. The van der Waals surface area contributed by atoms with Crippen LogP contribution in [-0.4, -0.2) is 46.7 Å². The minimum Gasteiger partial charge on any atom is -0.504 e. The molecule has 0 radical (unpaired) electrons. The van der Waals surface area contributed by atoms with E-state index < -0.39 is 0 Å². The van der Waals surface area contributed by atoms with E-state index in [1.54, 1.807) is 13.0 Å². The molecule has 0 aromatic heterocycles. The molecule has 2 saturated carbocycles. The van der Waals surface area contributed by atoms with Gasteiger partial charge in [0, 0.05) is 25.1 Å². The van der Waals surface area contributed by atoms with E-state index in [-0.39, 0.29) is 28.7 Å². The summed E-state index contributed by atoms with van der Waals surface area (Å²) in [5.74, 6) is 2.25. The van der Waals surface area contributed by atoms with Gasteiger partial charge >= 0.3 is 0 Å². The third kappa shape index (κ3) is 1.94. The van der Waals surface area contributed by atoms with Gasteiger partial charge in [-0.1, -0.05) is 13.0 Å². The maximum atomic E-state index is 12.5. The van der Waals surface area contributed by atoms with Gasteiger partial charge in [-0.25, -0.2) is 0 Å². The van der Waals surface area contributed by atoms with Gasteiger partial charge in [0.15, 0.2) is 11.5 Å². The Morgan fingerprint density at radius 2 is 2.14 bits per heavy atom. The molecule has 1 aromatic carbocycles. The maximum Gasteiger partial charge on any atom is 0.217 e. The number of nitrogens with one attached hydrogen (secondary N) is 1. The monoisotopic (exact) mass is 382 g/mol. The second-order valence-corrected chi connectivity index (χ2v) is 10.0. The minimum atomic E-state index is -0.296. The molecule has 2 heterocycles. The lowest BCUT2D eigenvalue weighted by Crippen LogP contribution is -2.81. The van der Waals surface area contributed by atoms with E-state index >= 15 is 0 Å². The summed E-state index contributed by atoms with van der Waals surface area (Å²) in [6.45, 7) is 6.15. The number of amides is 1. The van der Waals surface area contributed by atoms with Crippen molar-refractivity contribution in [3.05, 3.63) is 23.3 Å². The number of phenols is 1. The number of carbonyl (C=O) groups is 1. The molecule has 5 nitrogen and oxygen atoms in total. The molecule has 1 spiro atoms. The SMILES string of the molecule is CC(=O)N[C@@]12CC[C@H](C)C3Oc4c(O)ccc5c4[C@@]31CCN(CC1CC1)[C@@H]2C5. The van der Waals surface area contributed by atoms with Crippen LogP contribution in [0.15, 0.2) is 12.1 Å². The second kappa shape index (κ2) is 5.44. The van der Waals surface area contributed by atoms with Crippen LogP contribution >= 0.6 is 0 Å². The number of phenolic OH excluding ortho intramolecular Hbond substituents is 1. The fourth-order valence-corrected chi connectivity index (χ4v) is 7.34. The zero-order valence-corrected chi connectivity index (χ0v) is 16.8. The molecule has 5 heteroatoms. The summed E-state index contributed by atoms with van der Waals surface area (Å²) in [5, 5.41) is 14.1. The number of hydrogen-bond acceptors (Lipinski definition) is 4. The summed E-state index contributed by atoms with van der Waals surface area (Å²) in [4.78, 5) is 15.2. The zero-order valence-electron chi connectivity index (χ0n) is 16.8. The summed E-state index contributed by atoms with van der Waals surface area (Å²) >= 11 is 0. The predicted octanol–water partition coefficient (Wildman–Crippen LogP) is 2.74. The number of benzene rings is 1. The van der Waals surface area contributed by atoms with Gasteiger partial charge in [-0.3, -0.25) is 9.69 Å². The molecule has 2 bridgehead atoms. The Kier molecular flexibility index (Phi) is 3.33. The number of likely N-dealkylation sites (tertiary alicyclic amines) is 1. The smallest absolute Gasteiger partial charge is 0.217 e. The Labute approximate surface area is 166 Å². The maximum absolute atomic E-state index is 12.5. The lowest BCUT2D eigenvalue weighted by atomic mass is 9.46. The highest BCUT2D eigenvalue weighted by molar-refractivity contribution is 5.76. The molecule has 6 rings (SSSR count). The number of ether oxygens (including phenoxy) is 1. The van der Waals surface area contributed by atoms with Crippen LogP contribution < -0.4 is 10.1 Å². The van der Waals surface area contributed by atoms with Crippen LogP contribution in [0.5, 0.6) is 11.5 Å². The summed E-state index contributed by atoms with van der Waals surface area (Å²) < 4.78 is 6.54. The molecule has 5 aliphatic rings. The first-order chi connectivity index (χ1) is 13.5. The normalized spacial score (nSPS) is 40.6. The lowest BCUT2D eigenvalue weighted by molar-refractivity contribution is -0.137. The van der Waals surface area contributed by atoms with Crippen LogP contribution in [0.1, 0.15) is 57.1 Å². The highest BCUT2D eigenvalue weighted by Crippen LogP contribution is 2.66. The van der Waals surface area contributed by atoms with E-state index in [9.17, 15) is 9.90 Å². The van der Waals surface area contributed by atoms with Crippen molar-refractivity contribution in [2.45, 2.75) is 75.5 Å². The van der Waals surface area contributed by atoms with Gasteiger partial charge in [0.2, 0.25) is 5.91 Å². The molecule has 1 saturated heterocycles. The summed E-state index contributed by atoms with van der Waals surface area (Å²) in [6, 6.07) is 4.22. The summed E-state index contributed by atoms with van der Waals surface area (Å²) in [7, 11) is 0. The van der Waals surface area contributed by atoms with E-state index in [0.717, 1.165) is 44.7 Å². The molecule has 5 atom stereocenters. The number of carbonyl (C=O) groups excluding carboxylic acids is 1. The largest absolute Gasteiger partial charge is 0.504 e. The molecular weight excluding hydrogens is 352 g/mol. The van der Waals surface area contributed by atoms with Crippen LogP contribution in [0.25, 0.3) is 0 Å². The molecule has 3 fully saturated rings. The Morgan fingerprint density at radius 3 is 2.89 bits per heavy atom. The van der Waals surface area contributed by atoms with Crippen LogP contribution in [0.4, 0.5) is 0 Å². The van der Waals surface area contributed by atoms with E-state index in [4.69, 9.17) is 4.74 Å². The first-order valence-electron chi connectivity index (χ1n) is 11.0. The number of piperidine rings is 1. The molecular formula is C23H30N2O3. The van der Waals surface area contributed by atoms with Crippen molar-refractivity contribution in [2.75, 3.05) is 13.1 Å². The fourth-order valence-electron chi connectivity index (χ4n) is 7.34. The summed E-state index contributed by atoms with van der Waals surface area (Å²) in [6.07, 6.45) is 6.69. The van der Waals surface area contributed by atoms with Crippen molar-refractivity contribution >= 4 is 5.91 Å². The van der Waals surface area contributed by atoms with Gasteiger partial charge in [-0.15, -0.1) is 0 Å². The van der Waals surface area contributed by atoms with Crippen LogP contribution in [-0.2, 0) is 16.6 Å². The fraction of sp³-hybridized carbons (Fsp3) is 0.696. The van der Waals surface area contributed by atoms with Crippen LogP contribution in [0.2, 0.25) is 0 Å². The van der Waals surface area contributed by atoms with Gasteiger partial charge in [0.1, 0.15) is 6.10 Å². The Hall–Kier alpha value is -1.75. The first-order valence-corrected chi connectivity index (χ1v) is 11.0. The molecule has 2 aliphatic heterocycles. The van der Waals surface area contributed by atoms with Crippen molar-refractivity contribution in [2.24, 2.45) is 11.8 Å². The van der Waals surface area contributed by atoms with E-state index in [0.29, 0.717) is 17.7 Å². The van der Waals surface area contributed by atoms with Gasteiger partial charge in [-0.2, -0.15) is 0 Å². The quantitative estimate of drug-likeness (QED) is 0.844. The molecule has 1 unspecified atom stereocenters. The topological polar surface area (TPSA) is 61.8 Å². The minimum absolute atomic E-state index is 0.0287. The van der Waals surface area contributed by atoms with Crippen molar-refractivity contribution in [1.82, 2.24) is 10.2 Å². The van der Waals surface area contributed by atoms with Crippen molar-refractivity contribution in [1.29, 1.82) is 0 Å². The predicted molar refractivity (Wildman–Crippen MR) is 106 cm³/mol. The van der Waals surface area contributed by atoms with Gasteiger partial charge in [0.25, 0.3) is 0 Å². The van der Waals surface area contributed by atoms with Crippen molar-refractivity contribution in [3.63, 3.8) is 0 Å². The highest BCUT2D eigenvalue weighted by atomic mass is 16.5. The summed E-state index contributed by atoms with van der Waals surface area (Å²) in [5.41, 5.74) is 2.01. The van der Waals surface area contributed by atoms with E-state index in [2.05, 4.69) is 23.2 Å². The lowest BCUT2D eigenvalue weighted by Gasteiger charge is -2.66. The highest BCUT2D eigenvalue weighted by Gasteiger charge is 2.73. The molecule has 1 aromatic rings. The molecule has 3 aliphatic carbocycles. The Balaban J connectivity index is 1.59. The van der Waals surface area contributed by atoms with Crippen molar-refractivity contribution < 1.29 is 14.6 Å². The van der Waals surface area contributed by atoms with Gasteiger partial charge < -0.3 is 15.2 Å². The van der Waals surface area contributed by atoms with Gasteiger partial charge in [-0.05, 0) is 68.5 Å². The number of aromatic hydroxyl groups is 1. The number of nitrogens with zero attached hydrogens (tertiary/aromatic N) is 1. The molecule has 28 heavy (non-hydrogen) atoms. The number of rotatable bonds is 3. The average molecular weight is 383 g/mol. The van der Waals surface area contributed by atoms with Crippen LogP contribution in [0, 0.1) is 11.8 Å². The standard InChI is InChI=1S/C23H30N2O3/c1-13-7-8-23(24-14(2)26)18-11-16-5-6-17(27)20-19(16)22(23,21(13)28-20)9-10-25(18)12-15-3-4-15/h5-6,13,15,18,21,27H,3-4,7-12H2,1-2H3,(H,24,26)/t13-,18+,21?,22-,23+/m0/s1. The Bertz CT molecular complexity index is 866. The van der Waals surface area contributed by atoms with Crippen LogP contribution in [0.3, 0.4) is 0 Å². The van der Waals surface area contributed by atoms with Gasteiger partial charge in [0.05, 0.1) is 11.0 Å². The number of hydrogen-bond donors (Lipinski definition) is 2. The zero-order chi connectivity index (χ0) is 19.3. The third-order valence-electron chi connectivity index (χ3n) is 8.51. The first kappa shape index (κ1) is 17.1.